The van der Waals surface area contributed by atoms with Crippen molar-refractivity contribution in [3.8, 4) is 0 Å². The maximum Gasteiger partial charge on any atom is 0.477 e. The molecule has 3 aliphatic carbocycles. The Morgan fingerprint density at radius 1 is 1.02 bits per heavy atom. The van der Waals surface area contributed by atoms with Crippen LogP contribution in [0.15, 0.2) is 59.2 Å². The molecule has 3 heterocycles. The van der Waals surface area contributed by atoms with Gasteiger partial charge in [-0.3, -0.25) is 0 Å². The highest BCUT2D eigenvalue weighted by atomic mass is 32.2. The minimum atomic E-state index is -3.76. The van der Waals surface area contributed by atoms with E-state index in [0.29, 0.717) is 24.9 Å². The zero-order valence-corrected chi connectivity index (χ0v) is 25.0. The fourth-order valence-corrected chi connectivity index (χ4v) is 9.55. The van der Waals surface area contributed by atoms with Crippen LogP contribution in [0, 0.1) is 17.3 Å². The minimum absolute atomic E-state index is 0.0402. The highest BCUT2D eigenvalue weighted by molar-refractivity contribution is 7.88. The molecule has 3 saturated carbocycles. The van der Waals surface area contributed by atoms with Crippen LogP contribution in [0.5, 0.6) is 0 Å². The van der Waals surface area contributed by atoms with E-state index in [-0.39, 0.29) is 23.4 Å². The third-order valence-corrected chi connectivity index (χ3v) is 11.9. The van der Waals surface area contributed by atoms with Gasteiger partial charge in [-0.25, -0.2) is 13.1 Å². The molecule has 2 aliphatic heterocycles. The molecule has 0 radical (unpaired) electrons. The van der Waals surface area contributed by atoms with E-state index in [2.05, 4.69) is 25.5 Å². The smallest absolute Gasteiger partial charge is 0.464 e. The molecule has 1 aromatic heterocycles. The van der Waals surface area contributed by atoms with Crippen LogP contribution in [-0.2, 0) is 36.2 Å². The van der Waals surface area contributed by atoms with E-state index in [4.69, 9.17) is 18.5 Å². The third kappa shape index (κ3) is 4.87. The summed E-state index contributed by atoms with van der Waals surface area (Å²) in [5.41, 5.74) is 3.21. The molecule has 218 valence electrons. The zero-order valence-electron chi connectivity index (χ0n) is 24.2. The Morgan fingerprint density at radius 3 is 2.63 bits per heavy atom. The van der Waals surface area contributed by atoms with Gasteiger partial charge in [-0.1, -0.05) is 56.3 Å². The van der Waals surface area contributed by atoms with E-state index < -0.39 is 28.7 Å². The standard InChI is InChI=1S/C32H40BNO6S/c1-31(2)23-17-28(31)32(3)29(18-23)39-33(40-32)30(16-22-19-38-27-13-7-6-12-25(22)27)34-41(35,36)20-21-10-4-5-11-24(21)26-14-8-9-15-37-26/h4-7,10-13,19,23,26,28-30,34H,8-9,14-18,20H2,1-3H3/t23-,26?,28-,29+,30-,32-/m0/s1. The van der Waals surface area contributed by atoms with Gasteiger partial charge in [0.1, 0.15) is 5.58 Å². The molecule has 6 atom stereocenters. The number of ether oxygens (including phenoxy) is 1. The largest absolute Gasteiger partial charge is 0.477 e. The Labute approximate surface area is 243 Å². The Bertz CT molecular complexity index is 1530. The summed E-state index contributed by atoms with van der Waals surface area (Å²) in [6.07, 6.45) is 7.13. The molecule has 5 aliphatic rings. The molecule has 41 heavy (non-hydrogen) atoms. The normalized spacial score (nSPS) is 31.5. The number of furan rings is 1. The molecule has 2 aromatic carbocycles. The first kappa shape index (κ1) is 27.7. The average Bonchev–Trinajstić information content (AvgIpc) is 3.53. The fourth-order valence-electron chi connectivity index (χ4n) is 8.14. The number of hydrogen-bond donors (Lipinski definition) is 1. The summed E-state index contributed by atoms with van der Waals surface area (Å²) in [4.78, 5) is 0. The summed E-state index contributed by atoms with van der Waals surface area (Å²) in [6, 6.07) is 15.6. The van der Waals surface area contributed by atoms with Gasteiger partial charge in [-0.15, -0.1) is 0 Å². The maximum absolute atomic E-state index is 13.9. The summed E-state index contributed by atoms with van der Waals surface area (Å²) >= 11 is 0. The zero-order chi connectivity index (χ0) is 28.4. The van der Waals surface area contributed by atoms with Crippen LogP contribution in [-0.4, -0.2) is 39.8 Å². The van der Waals surface area contributed by atoms with Gasteiger partial charge >= 0.3 is 7.12 Å². The van der Waals surface area contributed by atoms with Crippen molar-refractivity contribution >= 4 is 28.1 Å². The molecule has 1 unspecified atom stereocenters. The monoisotopic (exact) mass is 577 g/mol. The number of para-hydroxylation sites is 1. The highest BCUT2D eigenvalue weighted by Gasteiger charge is 2.68. The Hall–Kier alpha value is -2.17. The summed E-state index contributed by atoms with van der Waals surface area (Å²) < 4.78 is 56.0. The maximum atomic E-state index is 13.9. The predicted octanol–water partition coefficient (Wildman–Crippen LogP) is 5.97. The van der Waals surface area contributed by atoms with Crippen molar-refractivity contribution < 1.29 is 26.9 Å². The molecule has 3 aromatic rings. The summed E-state index contributed by atoms with van der Waals surface area (Å²) in [5.74, 6) is 0.260. The number of nitrogens with one attached hydrogen (secondary N) is 1. The van der Waals surface area contributed by atoms with Gasteiger partial charge in [0.05, 0.1) is 35.8 Å². The predicted molar refractivity (Wildman–Crippen MR) is 159 cm³/mol. The van der Waals surface area contributed by atoms with Crippen LogP contribution < -0.4 is 4.72 Å². The van der Waals surface area contributed by atoms with Crippen LogP contribution in [0.1, 0.15) is 75.7 Å². The lowest BCUT2D eigenvalue weighted by molar-refractivity contribution is -0.199. The third-order valence-electron chi connectivity index (χ3n) is 10.6. The summed E-state index contributed by atoms with van der Waals surface area (Å²) in [6.45, 7) is 7.53. The Kier molecular flexibility index (Phi) is 6.90. The van der Waals surface area contributed by atoms with Crippen molar-refractivity contribution in [3.05, 3.63) is 71.5 Å². The van der Waals surface area contributed by atoms with Crippen LogP contribution in [0.4, 0.5) is 0 Å². The number of fused-ring (bicyclic) bond motifs is 1. The molecule has 7 nitrogen and oxygen atoms in total. The molecule has 1 N–H and O–H groups in total. The SMILES string of the molecule is CC1(C)[C@@H]2C[C@H]3OB([C@H](Cc4coc5ccccc45)NS(=O)(=O)Cc4ccccc4C4CCCCO4)O[C@@]3(C)[C@H]1C2. The second-order valence-corrected chi connectivity index (χ2v) is 15.1. The van der Waals surface area contributed by atoms with E-state index in [1.165, 1.54) is 0 Å². The van der Waals surface area contributed by atoms with Crippen molar-refractivity contribution in [2.24, 2.45) is 17.3 Å². The van der Waals surface area contributed by atoms with E-state index in [0.717, 1.165) is 59.8 Å². The van der Waals surface area contributed by atoms with Crippen molar-refractivity contribution in [2.75, 3.05) is 6.61 Å². The lowest BCUT2D eigenvalue weighted by Gasteiger charge is -2.64. The minimum Gasteiger partial charge on any atom is -0.464 e. The number of hydrogen-bond acceptors (Lipinski definition) is 6. The van der Waals surface area contributed by atoms with Gasteiger partial charge < -0.3 is 18.5 Å². The second kappa shape index (κ2) is 10.2. The van der Waals surface area contributed by atoms with Crippen LogP contribution in [0.2, 0.25) is 0 Å². The van der Waals surface area contributed by atoms with Gasteiger partial charge in [0.2, 0.25) is 10.0 Å². The van der Waals surface area contributed by atoms with Crippen LogP contribution in [0.25, 0.3) is 11.0 Å². The van der Waals surface area contributed by atoms with Crippen LogP contribution in [0.3, 0.4) is 0 Å². The first-order valence-electron chi connectivity index (χ1n) is 15.1. The van der Waals surface area contributed by atoms with E-state index in [1.54, 1.807) is 6.26 Å². The van der Waals surface area contributed by atoms with Crippen molar-refractivity contribution in [1.29, 1.82) is 0 Å². The van der Waals surface area contributed by atoms with Gasteiger partial charge in [0, 0.05) is 12.0 Å². The van der Waals surface area contributed by atoms with E-state index in [1.807, 2.05) is 48.5 Å². The molecule has 9 heteroatoms. The molecule has 2 bridgehead atoms. The lowest BCUT2D eigenvalue weighted by atomic mass is 9.43. The average molecular weight is 578 g/mol. The molecular formula is C32H40BNO6S. The van der Waals surface area contributed by atoms with E-state index in [9.17, 15) is 8.42 Å². The van der Waals surface area contributed by atoms with Gasteiger partial charge in [-0.05, 0) is 85.5 Å². The molecule has 5 fully saturated rings. The first-order chi connectivity index (χ1) is 19.6. The van der Waals surface area contributed by atoms with Gasteiger partial charge in [-0.2, -0.15) is 0 Å². The molecule has 0 amide bonds. The van der Waals surface area contributed by atoms with Crippen LogP contribution >= 0.6 is 0 Å². The molecule has 2 saturated heterocycles. The quantitative estimate of drug-likeness (QED) is 0.332. The van der Waals surface area contributed by atoms with Crippen molar-refractivity contribution in [1.82, 2.24) is 4.72 Å². The number of benzene rings is 2. The molecule has 8 rings (SSSR count). The number of rotatable bonds is 8. The van der Waals surface area contributed by atoms with Gasteiger partial charge in [0.25, 0.3) is 0 Å². The Morgan fingerprint density at radius 2 is 1.83 bits per heavy atom. The summed E-state index contributed by atoms with van der Waals surface area (Å²) in [5, 5.41) is 0.974. The number of sulfonamides is 1. The lowest BCUT2D eigenvalue weighted by Crippen LogP contribution is -2.65. The topological polar surface area (TPSA) is 87.0 Å². The Balaban J connectivity index is 1.17. The van der Waals surface area contributed by atoms with E-state index >= 15 is 0 Å². The van der Waals surface area contributed by atoms with Gasteiger partial charge in [0.15, 0.2) is 0 Å². The molecule has 0 spiro atoms. The second-order valence-electron chi connectivity index (χ2n) is 13.3. The van der Waals surface area contributed by atoms with Crippen molar-refractivity contribution in [3.63, 3.8) is 0 Å². The van der Waals surface area contributed by atoms with Crippen molar-refractivity contribution in [2.45, 2.75) is 88.8 Å². The summed E-state index contributed by atoms with van der Waals surface area (Å²) in [7, 11) is -4.46. The first-order valence-corrected chi connectivity index (χ1v) is 16.8. The highest BCUT2D eigenvalue weighted by Crippen LogP contribution is 2.65. The molecular weight excluding hydrogens is 537 g/mol. The fraction of sp³-hybridized carbons (Fsp3) is 0.562.